The number of primary amides is 1. The monoisotopic (exact) mass is 340 g/mol. The van der Waals surface area contributed by atoms with Crippen LogP contribution in [0.2, 0.25) is 0 Å². The maximum atomic E-state index is 12.4. The maximum Gasteiger partial charge on any atom is 0.252 e. The van der Waals surface area contributed by atoms with Crippen molar-refractivity contribution < 1.29 is 9.59 Å². The van der Waals surface area contributed by atoms with Crippen LogP contribution in [0.5, 0.6) is 0 Å². The normalized spacial score (nSPS) is 12.0. The maximum absolute atomic E-state index is 12.4. The summed E-state index contributed by atoms with van der Waals surface area (Å²) in [6.45, 7) is 2.16. The zero-order valence-electron chi connectivity index (χ0n) is 13.4. The molecule has 5 heteroatoms. The van der Waals surface area contributed by atoms with Gasteiger partial charge in [0.15, 0.2) is 0 Å². The summed E-state index contributed by atoms with van der Waals surface area (Å²) in [5, 5.41) is 2.47. The van der Waals surface area contributed by atoms with Crippen LogP contribution in [-0.4, -0.2) is 23.6 Å². The number of hydrogen-bond donors (Lipinski definition) is 2. The van der Waals surface area contributed by atoms with Crippen LogP contribution in [0, 0.1) is 0 Å². The van der Waals surface area contributed by atoms with Gasteiger partial charge in [0, 0.05) is 11.4 Å². The molecule has 0 aromatic heterocycles. The number of carbonyl (C=O) groups excluding carboxylic acids is 2. The van der Waals surface area contributed by atoms with E-state index in [0.29, 0.717) is 12.1 Å². The standard InChI is InChI=1S/C19H20N2O2S/c1-14(18(20)22)24-17-12-6-5-11-16(17)19(23)21-13-7-10-15-8-3-2-4-9-15/h2-12,14H,13H2,1H3,(H2,20,22)(H,21,23). The number of thioether (sulfide) groups is 1. The fourth-order valence-electron chi connectivity index (χ4n) is 2.01. The van der Waals surface area contributed by atoms with Crippen LogP contribution in [-0.2, 0) is 4.79 Å². The molecule has 2 rings (SSSR count). The van der Waals surface area contributed by atoms with Crippen LogP contribution in [0.1, 0.15) is 22.8 Å². The van der Waals surface area contributed by atoms with E-state index in [0.717, 1.165) is 10.5 Å². The van der Waals surface area contributed by atoms with Gasteiger partial charge in [-0.1, -0.05) is 54.6 Å². The van der Waals surface area contributed by atoms with Gasteiger partial charge in [-0.25, -0.2) is 0 Å². The predicted octanol–water partition coefficient (Wildman–Crippen LogP) is 3.10. The highest BCUT2D eigenvalue weighted by molar-refractivity contribution is 8.00. The SMILES string of the molecule is CC(Sc1ccccc1C(=O)NCC=Cc1ccccc1)C(N)=O. The molecule has 0 aliphatic rings. The lowest BCUT2D eigenvalue weighted by atomic mass is 10.2. The highest BCUT2D eigenvalue weighted by Crippen LogP contribution is 2.26. The number of amides is 2. The second-order valence-electron chi connectivity index (χ2n) is 5.18. The van der Waals surface area contributed by atoms with Crippen LogP contribution in [0.3, 0.4) is 0 Å². The second-order valence-corrected chi connectivity index (χ2v) is 6.56. The number of benzene rings is 2. The third-order valence-corrected chi connectivity index (χ3v) is 4.52. The van der Waals surface area contributed by atoms with Gasteiger partial charge in [0.2, 0.25) is 5.91 Å². The van der Waals surface area contributed by atoms with E-state index in [1.807, 2.05) is 54.6 Å². The number of rotatable bonds is 7. The number of hydrogen-bond acceptors (Lipinski definition) is 3. The van der Waals surface area contributed by atoms with Crippen molar-refractivity contribution in [3.63, 3.8) is 0 Å². The Labute approximate surface area is 146 Å². The lowest BCUT2D eigenvalue weighted by Crippen LogP contribution is -2.25. The van der Waals surface area contributed by atoms with Gasteiger partial charge in [-0.05, 0) is 24.6 Å². The van der Waals surface area contributed by atoms with E-state index in [1.54, 1.807) is 19.1 Å². The summed E-state index contributed by atoms with van der Waals surface area (Å²) in [4.78, 5) is 24.3. The lowest BCUT2D eigenvalue weighted by Gasteiger charge is -2.11. The summed E-state index contributed by atoms with van der Waals surface area (Å²) in [6, 6.07) is 17.1. The Bertz CT molecular complexity index is 729. The Kier molecular flexibility index (Phi) is 6.63. The van der Waals surface area contributed by atoms with Gasteiger partial charge in [-0.2, -0.15) is 0 Å². The summed E-state index contributed by atoms with van der Waals surface area (Å²) < 4.78 is 0. The summed E-state index contributed by atoms with van der Waals surface area (Å²) in [7, 11) is 0. The van der Waals surface area contributed by atoms with Crippen LogP contribution >= 0.6 is 11.8 Å². The summed E-state index contributed by atoms with van der Waals surface area (Å²) in [6.07, 6.45) is 3.85. The number of nitrogens with two attached hydrogens (primary N) is 1. The molecule has 0 fully saturated rings. The van der Waals surface area contributed by atoms with Crippen molar-refractivity contribution in [2.45, 2.75) is 17.1 Å². The van der Waals surface area contributed by atoms with Gasteiger partial charge in [0.05, 0.1) is 10.8 Å². The van der Waals surface area contributed by atoms with Crippen molar-refractivity contribution in [2.24, 2.45) is 5.73 Å². The third kappa shape index (κ3) is 5.28. The molecular formula is C19H20N2O2S. The molecule has 0 bridgehead atoms. The third-order valence-electron chi connectivity index (χ3n) is 3.33. The molecule has 0 aliphatic carbocycles. The van der Waals surface area contributed by atoms with Crippen molar-refractivity contribution in [3.8, 4) is 0 Å². The first-order valence-corrected chi connectivity index (χ1v) is 8.50. The van der Waals surface area contributed by atoms with Crippen molar-refractivity contribution in [1.82, 2.24) is 5.32 Å². The molecule has 124 valence electrons. The van der Waals surface area contributed by atoms with Gasteiger partial charge >= 0.3 is 0 Å². The number of carbonyl (C=O) groups is 2. The summed E-state index contributed by atoms with van der Waals surface area (Å²) in [5.74, 6) is -0.575. The van der Waals surface area contributed by atoms with Crippen molar-refractivity contribution in [2.75, 3.05) is 6.54 Å². The van der Waals surface area contributed by atoms with Crippen molar-refractivity contribution in [1.29, 1.82) is 0 Å². The Balaban J connectivity index is 1.97. The van der Waals surface area contributed by atoms with E-state index in [9.17, 15) is 9.59 Å². The average molecular weight is 340 g/mol. The molecule has 24 heavy (non-hydrogen) atoms. The minimum absolute atomic E-state index is 0.174. The van der Waals surface area contributed by atoms with Gasteiger partial charge in [0.1, 0.15) is 0 Å². The Hall–Kier alpha value is -2.53. The molecule has 1 unspecified atom stereocenters. The first kappa shape index (κ1) is 17.8. The second kappa shape index (κ2) is 8.93. The molecule has 1 atom stereocenters. The van der Waals surface area contributed by atoms with Crippen molar-refractivity contribution in [3.05, 3.63) is 71.8 Å². The van der Waals surface area contributed by atoms with Gasteiger partial charge < -0.3 is 11.1 Å². The van der Waals surface area contributed by atoms with Gasteiger partial charge in [-0.3, -0.25) is 9.59 Å². The van der Waals surface area contributed by atoms with E-state index in [1.165, 1.54) is 11.8 Å². The quantitative estimate of drug-likeness (QED) is 0.761. The molecule has 2 amide bonds. The Morgan fingerprint density at radius 1 is 1.12 bits per heavy atom. The first-order chi connectivity index (χ1) is 11.6. The smallest absolute Gasteiger partial charge is 0.252 e. The first-order valence-electron chi connectivity index (χ1n) is 7.62. The highest BCUT2D eigenvalue weighted by atomic mass is 32.2. The van der Waals surface area contributed by atoms with Crippen LogP contribution in [0.25, 0.3) is 6.08 Å². The zero-order chi connectivity index (χ0) is 17.4. The minimum atomic E-state index is -0.402. The van der Waals surface area contributed by atoms with Gasteiger partial charge in [0.25, 0.3) is 5.91 Å². The fourth-order valence-corrected chi connectivity index (χ4v) is 2.95. The molecule has 0 saturated heterocycles. The van der Waals surface area contributed by atoms with E-state index in [-0.39, 0.29) is 5.91 Å². The van der Waals surface area contributed by atoms with E-state index in [4.69, 9.17) is 5.73 Å². The average Bonchev–Trinajstić information content (AvgIpc) is 2.60. The molecule has 2 aromatic carbocycles. The molecule has 0 spiro atoms. The highest BCUT2D eigenvalue weighted by Gasteiger charge is 2.16. The molecule has 0 radical (unpaired) electrons. The Morgan fingerprint density at radius 2 is 1.79 bits per heavy atom. The van der Waals surface area contributed by atoms with E-state index in [2.05, 4.69) is 5.32 Å². The topological polar surface area (TPSA) is 72.2 Å². The lowest BCUT2D eigenvalue weighted by molar-refractivity contribution is -0.117. The largest absolute Gasteiger partial charge is 0.369 e. The predicted molar refractivity (Wildman–Crippen MR) is 98.8 cm³/mol. The van der Waals surface area contributed by atoms with Crippen molar-refractivity contribution >= 4 is 29.7 Å². The molecule has 2 aromatic rings. The van der Waals surface area contributed by atoms with E-state index >= 15 is 0 Å². The molecule has 0 saturated carbocycles. The van der Waals surface area contributed by atoms with Gasteiger partial charge in [-0.15, -0.1) is 11.8 Å². The van der Waals surface area contributed by atoms with E-state index < -0.39 is 11.2 Å². The summed E-state index contributed by atoms with van der Waals surface area (Å²) >= 11 is 1.29. The molecule has 0 aliphatic heterocycles. The molecular weight excluding hydrogens is 320 g/mol. The molecule has 4 nitrogen and oxygen atoms in total. The van der Waals surface area contributed by atoms with Crippen LogP contribution in [0.4, 0.5) is 0 Å². The zero-order valence-corrected chi connectivity index (χ0v) is 14.3. The summed E-state index contributed by atoms with van der Waals surface area (Å²) in [5.41, 5.74) is 6.92. The Morgan fingerprint density at radius 3 is 2.50 bits per heavy atom. The molecule has 3 N–H and O–H groups in total. The van der Waals surface area contributed by atoms with Crippen LogP contribution < -0.4 is 11.1 Å². The fraction of sp³-hybridized carbons (Fsp3) is 0.158. The number of nitrogens with one attached hydrogen (secondary N) is 1. The minimum Gasteiger partial charge on any atom is -0.369 e. The van der Waals surface area contributed by atoms with Crippen LogP contribution in [0.15, 0.2) is 65.6 Å². The molecule has 0 heterocycles.